The van der Waals surface area contributed by atoms with Gasteiger partial charge in [0.05, 0.1) is 6.61 Å². The smallest absolute Gasteiger partial charge is 0.252 e. The molecule has 6 heteroatoms. The zero-order valence-corrected chi connectivity index (χ0v) is 12.5. The Bertz CT molecular complexity index is 329. The van der Waals surface area contributed by atoms with E-state index in [2.05, 4.69) is 10.6 Å². The van der Waals surface area contributed by atoms with Gasteiger partial charge in [-0.1, -0.05) is 20.8 Å². The van der Waals surface area contributed by atoms with Crippen LogP contribution >= 0.6 is 0 Å². The van der Waals surface area contributed by atoms with Gasteiger partial charge >= 0.3 is 0 Å². The summed E-state index contributed by atoms with van der Waals surface area (Å²) < 4.78 is 4.91. The van der Waals surface area contributed by atoms with Crippen LogP contribution in [0.4, 0.5) is 0 Å². The summed E-state index contributed by atoms with van der Waals surface area (Å²) in [6.45, 7) is 6.99. The molecule has 0 spiro atoms. The van der Waals surface area contributed by atoms with Gasteiger partial charge in [0.25, 0.3) is 5.91 Å². The third-order valence-electron chi connectivity index (χ3n) is 3.21. The Kier molecular flexibility index (Phi) is 6.95. The number of aliphatic hydroxyl groups excluding tert-OH is 1. The largest absolute Gasteiger partial charge is 0.396 e. The Labute approximate surface area is 120 Å². The van der Waals surface area contributed by atoms with Crippen molar-refractivity contribution in [2.24, 2.45) is 11.8 Å². The summed E-state index contributed by atoms with van der Waals surface area (Å²) in [6, 6.07) is -0.517. The molecule has 1 saturated heterocycles. The van der Waals surface area contributed by atoms with Crippen LogP contribution in [-0.4, -0.2) is 48.8 Å². The van der Waals surface area contributed by atoms with Crippen molar-refractivity contribution in [3.63, 3.8) is 0 Å². The van der Waals surface area contributed by atoms with Gasteiger partial charge in [-0.15, -0.1) is 0 Å². The fourth-order valence-electron chi connectivity index (χ4n) is 1.82. The average molecular weight is 286 g/mol. The fourth-order valence-corrected chi connectivity index (χ4v) is 1.82. The van der Waals surface area contributed by atoms with Gasteiger partial charge in [0.2, 0.25) is 5.91 Å². The SMILES string of the molecule is CC(C)CC(NC(=O)C1CO1)C(=O)NCCC(C)CO. The molecule has 1 aliphatic heterocycles. The molecule has 0 aliphatic carbocycles. The van der Waals surface area contributed by atoms with Gasteiger partial charge in [-0.2, -0.15) is 0 Å². The average Bonchev–Trinajstić information content (AvgIpc) is 3.21. The first-order valence-electron chi connectivity index (χ1n) is 7.24. The summed E-state index contributed by atoms with van der Waals surface area (Å²) in [6.07, 6.45) is 0.933. The lowest BCUT2D eigenvalue weighted by Crippen LogP contribution is -2.49. The predicted molar refractivity (Wildman–Crippen MR) is 75.0 cm³/mol. The first kappa shape index (κ1) is 16.9. The maximum atomic E-state index is 12.1. The summed E-state index contributed by atoms with van der Waals surface area (Å²) in [5.41, 5.74) is 0. The number of aliphatic hydroxyl groups is 1. The first-order chi connectivity index (χ1) is 9.43. The second-order valence-electron chi connectivity index (χ2n) is 5.88. The van der Waals surface area contributed by atoms with Gasteiger partial charge < -0.3 is 20.5 Å². The van der Waals surface area contributed by atoms with E-state index in [9.17, 15) is 9.59 Å². The number of carbonyl (C=O) groups is 2. The fraction of sp³-hybridized carbons (Fsp3) is 0.857. The molecule has 0 aromatic rings. The van der Waals surface area contributed by atoms with E-state index in [1.807, 2.05) is 20.8 Å². The van der Waals surface area contributed by atoms with E-state index in [1.165, 1.54) is 0 Å². The Balaban J connectivity index is 2.40. The molecule has 20 heavy (non-hydrogen) atoms. The van der Waals surface area contributed by atoms with Crippen molar-refractivity contribution in [3.8, 4) is 0 Å². The van der Waals surface area contributed by atoms with Gasteiger partial charge in [0.15, 0.2) is 6.10 Å². The third kappa shape index (κ3) is 6.34. The number of ether oxygens (including phenoxy) is 1. The van der Waals surface area contributed by atoms with Gasteiger partial charge in [-0.05, 0) is 24.7 Å². The third-order valence-corrected chi connectivity index (χ3v) is 3.21. The monoisotopic (exact) mass is 286 g/mol. The second kappa shape index (κ2) is 8.21. The van der Waals surface area contributed by atoms with Crippen molar-refractivity contribution in [3.05, 3.63) is 0 Å². The van der Waals surface area contributed by atoms with Crippen molar-refractivity contribution in [1.82, 2.24) is 10.6 Å². The minimum absolute atomic E-state index is 0.112. The molecule has 0 aromatic carbocycles. The number of carbonyl (C=O) groups excluding carboxylic acids is 2. The summed E-state index contributed by atoms with van der Waals surface area (Å²) in [7, 11) is 0. The number of nitrogens with one attached hydrogen (secondary N) is 2. The number of hydrogen-bond acceptors (Lipinski definition) is 4. The Morgan fingerprint density at radius 3 is 2.50 bits per heavy atom. The maximum Gasteiger partial charge on any atom is 0.252 e. The van der Waals surface area contributed by atoms with Crippen LogP contribution in [-0.2, 0) is 14.3 Å². The van der Waals surface area contributed by atoms with Crippen molar-refractivity contribution >= 4 is 11.8 Å². The van der Waals surface area contributed by atoms with Crippen LogP contribution in [0, 0.1) is 11.8 Å². The van der Waals surface area contributed by atoms with E-state index in [4.69, 9.17) is 9.84 Å². The minimum atomic E-state index is -0.517. The summed E-state index contributed by atoms with van der Waals surface area (Å²) in [4.78, 5) is 23.8. The van der Waals surface area contributed by atoms with Crippen LogP contribution < -0.4 is 10.6 Å². The normalized spacial score (nSPS) is 20.4. The quantitative estimate of drug-likeness (QED) is 0.522. The minimum Gasteiger partial charge on any atom is -0.396 e. The Morgan fingerprint density at radius 2 is 2.00 bits per heavy atom. The molecule has 0 radical (unpaired) electrons. The van der Waals surface area contributed by atoms with Gasteiger partial charge in [-0.25, -0.2) is 0 Å². The topological polar surface area (TPSA) is 91.0 Å². The second-order valence-corrected chi connectivity index (χ2v) is 5.88. The molecule has 1 fully saturated rings. The first-order valence-corrected chi connectivity index (χ1v) is 7.24. The highest BCUT2D eigenvalue weighted by molar-refractivity contribution is 5.90. The van der Waals surface area contributed by atoms with E-state index in [1.54, 1.807) is 0 Å². The highest BCUT2D eigenvalue weighted by Gasteiger charge is 2.34. The zero-order chi connectivity index (χ0) is 15.1. The maximum absolute atomic E-state index is 12.1. The van der Waals surface area contributed by atoms with E-state index >= 15 is 0 Å². The lowest BCUT2D eigenvalue weighted by atomic mass is 10.0. The zero-order valence-electron chi connectivity index (χ0n) is 12.5. The van der Waals surface area contributed by atoms with Crippen molar-refractivity contribution in [2.75, 3.05) is 19.8 Å². The molecular weight excluding hydrogens is 260 g/mol. The molecule has 0 aromatic heterocycles. The highest BCUT2D eigenvalue weighted by Crippen LogP contribution is 2.11. The molecule has 3 atom stereocenters. The number of hydrogen-bond donors (Lipinski definition) is 3. The molecule has 1 rings (SSSR count). The molecule has 6 nitrogen and oxygen atoms in total. The van der Waals surface area contributed by atoms with Crippen molar-refractivity contribution in [2.45, 2.75) is 45.8 Å². The van der Waals surface area contributed by atoms with Crippen molar-refractivity contribution in [1.29, 1.82) is 0 Å². The number of rotatable bonds is 9. The molecule has 2 amide bonds. The molecule has 1 heterocycles. The number of epoxide rings is 1. The molecule has 0 saturated carbocycles. The highest BCUT2D eigenvalue weighted by atomic mass is 16.6. The van der Waals surface area contributed by atoms with Gasteiger partial charge in [0, 0.05) is 13.2 Å². The summed E-state index contributed by atoms with van der Waals surface area (Å²) in [5.74, 6) is 0.0863. The van der Waals surface area contributed by atoms with Crippen LogP contribution in [0.1, 0.15) is 33.6 Å². The van der Waals surface area contributed by atoms with E-state index in [0.29, 0.717) is 25.5 Å². The van der Waals surface area contributed by atoms with Crippen LogP contribution in [0.3, 0.4) is 0 Å². The summed E-state index contributed by atoms with van der Waals surface area (Å²) in [5, 5.41) is 14.5. The predicted octanol–water partition coefficient (Wildman–Crippen LogP) is 0.0508. The van der Waals surface area contributed by atoms with Crippen LogP contribution in [0.15, 0.2) is 0 Å². The lowest BCUT2D eigenvalue weighted by Gasteiger charge is -2.20. The van der Waals surface area contributed by atoms with Crippen LogP contribution in [0.25, 0.3) is 0 Å². The molecule has 1 aliphatic rings. The van der Waals surface area contributed by atoms with Crippen molar-refractivity contribution < 1.29 is 19.4 Å². The van der Waals surface area contributed by atoms with Gasteiger partial charge in [-0.3, -0.25) is 9.59 Å². The molecular formula is C14H26N2O4. The molecule has 3 N–H and O–H groups in total. The Morgan fingerprint density at radius 1 is 1.35 bits per heavy atom. The van der Waals surface area contributed by atoms with E-state index in [0.717, 1.165) is 6.42 Å². The standard InChI is InChI=1S/C14H26N2O4/c1-9(2)6-11(16-14(19)12-8-20-12)13(18)15-5-4-10(3)7-17/h9-12,17H,4-8H2,1-3H3,(H,15,18)(H,16,19). The van der Waals surface area contributed by atoms with E-state index < -0.39 is 6.04 Å². The van der Waals surface area contributed by atoms with Gasteiger partial charge in [0.1, 0.15) is 6.04 Å². The number of amides is 2. The summed E-state index contributed by atoms with van der Waals surface area (Å²) >= 11 is 0. The van der Waals surface area contributed by atoms with E-state index in [-0.39, 0.29) is 30.4 Å². The lowest BCUT2D eigenvalue weighted by molar-refractivity contribution is -0.130. The van der Waals surface area contributed by atoms with Crippen LogP contribution in [0.2, 0.25) is 0 Å². The molecule has 3 unspecified atom stereocenters. The molecule has 116 valence electrons. The molecule has 0 bridgehead atoms. The Hall–Kier alpha value is -1.14. The van der Waals surface area contributed by atoms with Crippen LogP contribution in [0.5, 0.6) is 0 Å².